The summed E-state index contributed by atoms with van der Waals surface area (Å²) in [5, 5.41) is 0.756. The molecule has 0 atom stereocenters. The summed E-state index contributed by atoms with van der Waals surface area (Å²) >= 11 is 0. The monoisotopic (exact) mass is 337 g/mol. The highest BCUT2D eigenvalue weighted by atomic mass is 16.5. The second kappa shape index (κ2) is 7.66. The van der Waals surface area contributed by atoms with Crippen LogP contribution in [0, 0.1) is 0 Å². The first-order valence-corrected chi connectivity index (χ1v) is 8.03. The van der Waals surface area contributed by atoms with E-state index in [2.05, 4.69) is 0 Å². The maximum atomic E-state index is 12.1. The van der Waals surface area contributed by atoms with Gasteiger partial charge in [-0.2, -0.15) is 0 Å². The molecule has 3 aromatic rings. The van der Waals surface area contributed by atoms with Gasteiger partial charge in [0.2, 0.25) is 0 Å². The molecule has 0 amide bonds. The lowest BCUT2D eigenvalue weighted by Crippen LogP contribution is -2.14. The molecule has 5 heteroatoms. The van der Waals surface area contributed by atoms with E-state index in [0.29, 0.717) is 24.3 Å². The van der Waals surface area contributed by atoms with Crippen molar-refractivity contribution in [2.24, 2.45) is 0 Å². The summed E-state index contributed by atoms with van der Waals surface area (Å²) in [6.45, 7) is 0.391. The van der Waals surface area contributed by atoms with E-state index < -0.39 is 0 Å². The number of hydrogen-bond acceptors (Lipinski definition) is 4. The number of esters is 1. The van der Waals surface area contributed by atoms with Gasteiger partial charge in [0, 0.05) is 29.1 Å². The molecule has 0 fully saturated rings. The fourth-order valence-corrected chi connectivity index (χ4v) is 2.77. The lowest BCUT2D eigenvalue weighted by molar-refractivity contribution is -0.144. The smallest absolute Gasteiger partial charge is 0.325 e. The number of benzene rings is 2. The molecule has 0 aliphatic carbocycles. The molecule has 0 saturated carbocycles. The maximum Gasteiger partial charge on any atom is 0.325 e. The average Bonchev–Trinajstić information content (AvgIpc) is 2.99. The number of nitrogens with zero attached hydrogens (tertiary/aromatic N) is 1. The van der Waals surface area contributed by atoms with Crippen molar-refractivity contribution in [3.8, 4) is 5.75 Å². The molecule has 25 heavy (non-hydrogen) atoms. The highest BCUT2D eigenvalue weighted by molar-refractivity contribution is 5.98. The number of carbonyl (C=O) groups is 2. The molecule has 1 heterocycles. The van der Waals surface area contributed by atoms with Gasteiger partial charge in [-0.1, -0.05) is 30.3 Å². The minimum atomic E-state index is -0.332. The third-order valence-electron chi connectivity index (χ3n) is 4.04. The topological polar surface area (TPSA) is 57.5 Å². The number of rotatable bonds is 7. The summed E-state index contributed by atoms with van der Waals surface area (Å²) in [4.78, 5) is 23.4. The summed E-state index contributed by atoms with van der Waals surface area (Å²) in [5.74, 6) is 0.333. The van der Waals surface area contributed by atoms with Crippen LogP contribution in [0.3, 0.4) is 0 Å². The minimum Gasteiger partial charge on any atom is -0.497 e. The molecule has 0 radical (unpaired) electrons. The lowest BCUT2D eigenvalue weighted by atomic mass is 10.2. The van der Waals surface area contributed by atoms with Gasteiger partial charge in [-0.3, -0.25) is 9.59 Å². The summed E-state index contributed by atoms with van der Waals surface area (Å²) < 4.78 is 12.2. The number of carbonyl (C=O) groups excluding carboxylic acids is 2. The Morgan fingerprint density at radius 2 is 1.96 bits per heavy atom. The van der Waals surface area contributed by atoms with Crippen LogP contribution < -0.4 is 4.74 Å². The summed E-state index contributed by atoms with van der Waals surface area (Å²) in [6, 6.07) is 15.3. The number of fused-ring (bicyclic) bond motifs is 1. The fraction of sp³-hybridized carbons (Fsp3) is 0.200. The Morgan fingerprint density at radius 3 is 2.68 bits per heavy atom. The highest BCUT2D eigenvalue weighted by Crippen LogP contribution is 2.25. The van der Waals surface area contributed by atoms with Gasteiger partial charge in [0.05, 0.1) is 13.7 Å². The minimum absolute atomic E-state index is 0.0610. The summed E-state index contributed by atoms with van der Waals surface area (Å²) in [5.41, 5.74) is 2.44. The van der Waals surface area contributed by atoms with E-state index in [1.54, 1.807) is 30.0 Å². The molecule has 0 aliphatic rings. The molecule has 0 unspecified atom stereocenters. The predicted molar refractivity (Wildman–Crippen MR) is 95.0 cm³/mol. The van der Waals surface area contributed by atoms with Crippen LogP contribution in [0.15, 0.2) is 54.7 Å². The van der Waals surface area contributed by atoms with Crippen LogP contribution in [-0.2, 0) is 22.5 Å². The van der Waals surface area contributed by atoms with E-state index >= 15 is 0 Å². The molecule has 0 aliphatic heterocycles. The SMILES string of the molecule is COc1ccc2c(c1)c(C=O)cn2CC(=O)OCCc1ccccc1. The molecule has 0 spiro atoms. The zero-order valence-electron chi connectivity index (χ0n) is 14.0. The average molecular weight is 337 g/mol. The van der Waals surface area contributed by atoms with Crippen LogP contribution in [0.2, 0.25) is 0 Å². The molecule has 1 aromatic heterocycles. The third kappa shape index (κ3) is 3.88. The van der Waals surface area contributed by atoms with E-state index in [4.69, 9.17) is 9.47 Å². The van der Waals surface area contributed by atoms with E-state index in [1.807, 2.05) is 36.4 Å². The van der Waals surface area contributed by atoms with Crippen LogP contribution in [-0.4, -0.2) is 30.5 Å². The molecular weight excluding hydrogens is 318 g/mol. The van der Waals surface area contributed by atoms with Gasteiger partial charge in [0.15, 0.2) is 6.29 Å². The Labute approximate surface area is 145 Å². The van der Waals surface area contributed by atoms with Crippen LogP contribution in [0.25, 0.3) is 10.9 Å². The second-order valence-corrected chi connectivity index (χ2v) is 5.67. The Morgan fingerprint density at radius 1 is 1.16 bits per heavy atom. The standard InChI is InChI=1S/C20H19NO4/c1-24-17-7-8-19-18(11-17)16(14-22)12-21(19)13-20(23)25-10-9-15-5-3-2-4-6-15/h2-8,11-12,14H,9-10,13H2,1H3. The predicted octanol–water partition coefficient (Wildman–Crippen LogP) is 3.25. The third-order valence-corrected chi connectivity index (χ3v) is 4.04. The molecule has 0 N–H and O–H groups in total. The van der Waals surface area contributed by atoms with Crippen molar-refractivity contribution in [3.05, 3.63) is 65.9 Å². The zero-order chi connectivity index (χ0) is 17.6. The van der Waals surface area contributed by atoms with E-state index in [1.165, 1.54) is 0 Å². The van der Waals surface area contributed by atoms with Crippen molar-refractivity contribution < 1.29 is 19.1 Å². The quantitative estimate of drug-likeness (QED) is 0.490. The van der Waals surface area contributed by atoms with Crippen LogP contribution in [0.1, 0.15) is 15.9 Å². The number of ether oxygens (including phenoxy) is 2. The van der Waals surface area contributed by atoms with Crippen molar-refractivity contribution in [2.75, 3.05) is 13.7 Å². The van der Waals surface area contributed by atoms with Gasteiger partial charge < -0.3 is 14.0 Å². The van der Waals surface area contributed by atoms with Gasteiger partial charge in [-0.05, 0) is 23.8 Å². The Balaban J connectivity index is 1.67. The van der Waals surface area contributed by atoms with Gasteiger partial charge in [0.1, 0.15) is 12.3 Å². The summed E-state index contributed by atoms with van der Waals surface area (Å²) in [7, 11) is 1.57. The normalized spacial score (nSPS) is 10.6. The number of methoxy groups -OCH3 is 1. The maximum absolute atomic E-state index is 12.1. The first-order chi connectivity index (χ1) is 12.2. The highest BCUT2D eigenvalue weighted by Gasteiger charge is 2.12. The zero-order valence-corrected chi connectivity index (χ0v) is 14.0. The molecule has 0 bridgehead atoms. The fourth-order valence-electron chi connectivity index (χ4n) is 2.77. The molecular formula is C20H19NO4. The first-order valence-electron chi connectivity index (χ1n) is 8.03. The molecule has 3 rings (SSSR count). The van der Waals surface area contributed by atoms with Crippen molar-refractivity contribution in [2.45, 2.75) is 13.0 Å². The first kappa shape index (κ1) is 16.8. The largest absolute Gasteiger partial charge is 0.497 e. The van der Waals surface area contributed by atoms with Crippen molar-refractivity contribution in [1.82, 2.24) is 4.57 Å². The molecule has 128 valence electrons. The Hall–Kier alpha value is -3.08. The molecule has 0 saturated heterocycles. The Bertz CT molecular complexity index is 883. The van der Waals surface area contributed by atoms with Crippen molar-refractivity contribution in [3.63, 3.8) is 0 Å². The summed E-state index contributed by atoms with van der Waals surface area (Å²) in [6.07, 6.45) is 3.12. The van der Waals surface area contributed by atoms with Gasteiger partial charge in [-0.15, -0.1) is 0 Å². The van der Waals surface area contributed by atoms with Gasteiger partial charge in [0.25, 0.3) is 0 Å². The van der Waals surface area contributed by atoms with Crippen molar-refractivity contribution >= 4 is 23.2 Å². The Kier molecular flexibility index (Phi) is 5.14. The van der Waals surface area contributed by atoms with E-state index in [9.17, 15) is 9.59 Å². The second-order valence-electron chi connectivity index (χ2n) is 5.67. The molecule has 2 aromatic carbocycles. The number of aldehydes is 1. The van der Waals surface area contributed by atoms with Crippen molar-refractivity contribution in [1.29, 1.82) is 0 Å². The van der Waals surface area contributed by atoms with Crippen LogP contribution >= 0.6 is 0 Å². The van der Waals surface area contributed by atoms with Gasteiger partial charge in [-0.25, -0.2) is 0 Å². The molecule has 5 nitrogen and oxygen atoms in total. The van der Waals surface area contributed by atoms with Crippen LogP contribution in [0.5, 0.6) is 5.75 Å². The van der Waals surface area contributed by atoms with Gasteiger partial charge >= 0.3 is 5.97 Å². The van der Waals surface area contributed by atoms with E-state index in [0.717, 1.165) is 22.8 Å². The number of hydrogen-bond donors (Lipinski definition) is 0. The van der Waals surface area contributed by atoms with E-state index in [-0.39, 0.29) is 12.5 Å². The van der Waals surface area contributed by atoms with Crippen LogP contribution in [0.4, 0.5) is 0 Å². The number of aromatic nitrogens is 1. The lowest BCUT2D eigenvalue weighted by Gasteiger charge is -2.07.